The molecule has 1 unspecified atom stereocenters. The van der Waals surface area contributed by atoms with Gasteiger partial charge in [-0.2, -0.15) is 0 Å². The summed E-state index contributed by atoms with van der Waals surface area (Å²) in [7, 11) is 0. The van der Waals surface area contributed by atoms with Gasteiger partial charge < -0.3 is 10.1 Å². The maximum atomic E-state index is 12.0. The van der Waals surface area contributed by atoms with Gasteiger partial charge in [0.15, 0.2) is 0 Å². The van der Waals surface area contributed by atoms with Crippen molar-refractivity contribution in [2.45, 2.75) is 19.9 Å². The first-order valence-corrected chi connectivity index (χ1v) is 6.40. The predicted octanol–water partition coefficient (Wildman–Crippen LogP) is 2.75. The van der Waals surface area contributed by atoms with E-state index in [2.05, 4.69) is 21.2 Å². The van der Waals surface area contributed by atoms with Crippen LogP contribution in [0.25, 0.3) is 0 Å². The van der Waals surface area contributed by atoms with E-state index >= 15 is 0 Å². The van der Waals surface area contributed by atoms with E-state index in [1.165, 1.54) is 0 Å². The first-order chi connectivity index (χ1) is 8.54. The van der Waals surface area contributed by atoms with Crippen molar-refractivity contribution in [3.63, 3.8) is 0 Å². The highest BCUT2D eigenvalue weighted by molar-refractivity contribution is 9.10. The van der Waals surface area contributed by atoms with Crippen LogP contribution in [0.3, 0.4) is 0 Å². The van der Waals surface area contributed by atoms with E-state index in [1.807, 2.05) is 6.07 Å². The van der Waals surface area contributed by atoms with Crippen molar-refractivity contribution >= 4 is 39.3 Å². The molecule has 1 aliphatic rings. The number of hydrogen-bond donors (Lipinski definition) is 1. The van der Waals surface area contributed by atoms with Gasteiger partial charge in [-0.1, -0.05) is 15.9 Å². The van der Waals surface area contributed by atoms with Crippen LogP contribution in [0.5, 0.6) is 0 Å². The number of nitrogens with one attached hydrogen (secondary N) is 1. The lowest BCUT2D eigenvalue weighted by molar-refractivity contribution is -0.118. The molecule has 1 aliphatic heterocycles. The molecule has 96 valence electrons. The first kappa shape index (κ1) is 12.9. The number of carbonyl (C=O) groups is 2. The van der Waals surface area contributed by atoms with Crippen LogP contribution in [-0.4, -0.2) is 24.6 Å². The molecular weight excluding hydrogens is 300 g/mol. The molecule has 5 nitrogen and oxygen atoms in total. The summed E-state index contributed by atoms with van der Waals surface area (Å²) in [6.07, 6.45) is -0.639. The van der Waals surface area contributed by atoms with Gasteiger partial charge in [0, 0.05) is 4.47 Å². The summed E-state index contributed by atoms with van der Waals surface area (Å²) in [5, 5.41) is 3.05. The minimum atomic E-state index is -0.639. The summed E-state index contributed by atoms with van der Waals surface area (Å²) in [5.41, 5.74) is 1.24. The number of carbonyl (C=O) groups excluding carboxylic acids is 2. The number of rotatable bonds is 1. The summed E-state index contributed by atoms with van der Waals surface area (Å²) in [6, 6.07) is 4.84. The maximum Gasteiger partial charge on any atom is 0.421 e. The maximum absolute atomic E-state index is 12.0. The topological polar surface area (TPSA) is 58.6 Å². The van der Waals surface area contributed by atoms with Crippen LogP contribution >= 0.6 is 15.9 Å². The number of nitrogens with zero attached hydrogens (tertiary/aromatic N) is 1. The van der Waals surface area contributed by atoms with Gasteiger partial charge in [-0.25, -0.2) is 9.69 Å². The first-order valence-electron chi connectivity index (χ1n) is 5.61. The Hall–Kier alpha value is -1.56. The normalized spacial score (nSPS) is 18.1. The number of amides is 2. The third-order valence-corrected chi connectivity index (χ3v) is 3.11. The Bertz CT molecular complexity index is 504. The average Bonchev–Trinajstić information content (AvgIpc) is 2.31. The molecule has 1 N–H and O–H groups in total. The Morgan fingerprint density at radius 3 is 2.94 bits per heavy atom. The SMILES string of the molecule is CCOC(=O)N1C(=O)C(C)Nc2cc(Br)ccc21. The quantitative estimate of drug-likeness (QED) is 0.866. The van der Waals surface area contributed by atoms with E-state index in [4.69, 9.17) is 4.74 Å². The summed E-state index contributed by atoms with van der Waals surface area (Å²) in [5.74, 6) is -0.316. The van der Waals surface area contributed by atoms with Crippen molar-refractivity contribution in [1.29, 1.82) is 0 Å². The molecule has 0 saturated heterocycles. The molecule has 0 aliphatic carbocycles. The molecule has 2 amide bonds. The van der Waals surface area contributed by atoms with E-state index in [0.29, 0.717) is 5.69 Å². The van der Waals surface area contributed by atoms with Gasteiger partial charge in [0.2, 0.25) is 0 Å². The molecule has 0 saturated carbocycles. The van der Waals surface area contributed by atoms with Gasteiger partial charge in [-0.15, -0.1) is 0 Å². The zero-order valence-corrected chi connectivity index (χ0v) is 11.7. The molecule has 1 aromatic carbocycles. The smallest absolute Gasteiger partial charge is 0.421 e. The predicted molar refractivity (Wildman–Crippen MR) is 71.7 cm³/mol. The molecular formula is C12H13BrN2O3. The van der Waals surface area contributed by atoms with E-state index < -0.39 is 12.1 Å². The van der Waals surface area contributed by atoms with Gasteiger partial charge in [0.25, 0.3) is 5.91 Å². The Balaban J connectivity index is 2.45. The molecule has 1 aromatic rings. The molecule has 1 heterocycles. The van der Waals surface area contributed by atoms with Crippen molar-refractivity contribution in [2.24, 2.45) is 0 Å². The van der Waals surface area contributed by atoms with Gasteiger partial charge >= 0.3 is 6.09 Å². The minimum Gasteiger partial charge on any atom is -0.449 e. The van der Waals surface area contributed by atoms with E-state index in [0.717, 1.165) is 15.1 Å². The number of halogens is 1. The standard InChI is InChI=1S/C12H13BrN2O3/c1-3-18-12(17)15-10-5-4-8(13)6-9(10)14-7(2)11(15)16/h4-7,14H,3H2,1-2H3. The highest BCUT2D eigenvalue weighted by Gasteiger charge is 2.35. The van der Waals surface area contributed by atoms with Crippen LogP contribution in [0.1, 0.15) is 13.8 Å². The second kappa shape index (κ2) is 4.97. The Morgan fingerprint density at radius 1 is 1.56 bits per heavy atom. The number of hydrogen-bond acceptors (Lipinski definition) is 4. The zero-order valence-electron chi connectivity index (χ0n) is 10.1. The van der Waals surface area contributed by atoms with Crippen LogP contribution in [0.4, 0.5) is 16.2 Å². The lowest BCUT2D eigenvalue weighted by Gasteiger charge is -2.31. The fourth-order valence-electron chi connectivity index (χ4n) is 1.80. The largest absolute Gasteiger partial charge is 0.449 e. The van der Waals surface area contributed by atoms with E-state index in [-0.39, 0.29) is 12.5 Å². The second-order valence-corrected chi connectivity index (χ2v) is 4.82. The van der Waals surface area contributed by atoms with Crippen molar-refractivity contribution in [1.82, 2.24) is 0 Å². The molecule has 2 rings (SSSR count). The van der Waals surface area contributed by atoms with Crippen LogP contribution in [0, 0.1) is 0 Å². The third kappa shape index (κ3) is 2.20. The molecule has 0 aromatic heterocycles. The Labute approximate surface area is 113 Å². The van der Waals surface area contributed by atoms with E-state index in [1.54, 1.807) is 26.0 Å². The molecule has 1 atom stereocenters. The van der Waals surface area contributed by atoms with Crippen LogP contribution in [-0.2, 0) is 9.53 Å². The van der Waals surface area contributed by atoms with Crippen molar-refractivity contribution in [2.75, 3.05) is 16.8 Å². The monoisotopic (exact) mass is 312 g/mol. The summed E-state index contributed by atoms with van der Waals surface area (Å²) >= 11 is 3.35. The highest BCUT2D eigenvalue weighted by atomic mass is 79.9. The molecule has 6 heteroatoms. The summed E-state index contributed by atoms with van der Waals surface area (Å²) in [6.45, 7) is 3.64. The van der Waals surface area contributed by atoms with Crippen LogP contribution in [0.2, 0.25) is 0 Å². The lowest BCUT2D eigenvalue weighted by Crippen LogP contribution is -2.49. The molecule has 0 bridgehead atoms. The number of benzene rings is 1. The lowest BCUT2D eigenvalue weighted by atomic mass is 10.1. The van der Waals surface area contributed by atoms with E-state index in [9.17, 15) is 9.59 Å². The third-order valence-electron chi connectivity index (χ3n) is 2.61. The van der Waals surface area contributed by atoms with Crippen LogP contribution < -0.4 is 10.2 Å². The zero-order chi connectivity index (χ0) is 13.3. The Kier molecular flexibility index (Phi) is 3.56. The van der Waals surface area contributed by atoms with Gasteiger partial charge in [-0.05, 0) is 32.0 Å². The minimum absolute atomic E-state index is 0.232. The number of anilines is 2. The second-order valence-electron chi connectivity index (χ2n) is 3.90. The number of fused-ring (bicyclic) bond motifs is 1. The van der Waals surface area contributed by atoms with Crippen molar-refractivity contribution in [3.8, 4) is 0 Å². The van der Waals surface area contributed by atoms with Gasteiger partial charge in [-0.3, -0.25) is 4.79 Å². The fraction of sp³-hybridized carbons (Fsp3) is 0.333. The summed E-state index contributed by atoms with van der Waals surface area (Å²) < 4.78 is 5.79. The van der Waals surface area contributed by atoms with Crippen molar-refractivity contribution < 1.29 is 14.3 Å². The van der Waals surface area contributed by atoms with Gasteiger partial charge in [0.05, 0.1) is 18.0 Å². The number of imide groups is 1. The van der Waals surface area contributed by atoms with Crippen molar-refractivity contribution in [3.05, 3.63) is 22.7 Å². The average molecular weight is 313 g/mol. The molecule has 0 radical (unpaired) electrons. The summed E-state index contributed by atoms with van der Waals surface area (Å²) in [4.78, 5) is 25.0. The number of ether oxygens (including phenoxy) is 1. The highest BCUT2D eigenvalue weighted by Crippen LogP contribution is 2.34. The molecule has 0 spiro atoms. The molecule has 0 fully saturated rings. The van der Waals surface area contributed by atoms with Gasteiger partial charge in [0.1, 0.15) is 6.04 Å². The molecule has 18 heavy (non-hydrogen) atoms. The fourth-order valence-corrected chi connectivity index (χ4v) is 2.16. The Morgan fingerprint density at radius 2 is 2.28 bits per heavy atom. The van der Waals surface area contributed by atoms with Crippen LogP contribution in [0.15, 0.2) is 22.7 Å².